The zero-order valence-corrected chi connectivity index (χ0v) is 10.1. The van der Waals surface area contributed by atoms with E-state index in [4.69, 9.17) is 22.1 Å². The highest BCUT2D eigenvalue weighted by Crippen LogP contribution is 2.30. The molecular formula is C14H14ClNO. The third kappa shape index (κ3) is 2.99. The Morgan fingerprint density at radius 3 is 2.35 bits per heavy atom. The van der Waals surface area contributed by atoms with Gasteiger partial charge in [-0.1, -0.05) is 60.1 Å². The summed E-state index contributed by atoms with van der Waals surface area (Å²) in [6.45, 7) is 0.282. The van der Waals surface area contributed by atoms with Crippen molar-refractivity contribution in [1.82, 2.24) is 0 Å². The molecule has 0 aliphatic rings. The van der Waals surface area contributed by atoms with Gasteiger partial charge in [0.05, 0.1) is 0 Å². The molecule has 2 N–H and O–H groups in total. The molecule has 2 aromatic carbocycles. The van der Waals surface area contributed by atoms with Crippen molar-refractivity contribution in [1.29, 1.82) is 0 Å². The fraction of sp³-hybridized carbons (Fsp3) is 0.143. The van der Waals surface area contributed by atoms with E-state index in [0.717, 1.165) is 16.9 Å². The van der Waals surface area contributed by atoms with Crippen LogP contribution in [0.3, 0.4) is 0 Å². The number of hydrogen-bond donors (Lipinski definition) is 1. The summed E-state index contributed by atoms with van der Waals surface area (Å²) >= 11 is 5.91. The van der Waals surface area contributed by atoms with Crippen LogP contribution in [-0.2, 0) is 0 Å². The van der Waals surface area contributed by atoms with Crippen LogP contribution in [0.25, 0.3) is 11.1 Å². The highest BCUT2D eigenvalue weighted by Gasteiger charge is 2.09. The number of rotatable bonds is 4. The van der Waals surface area contributed by atoms with E-state index in [1.54, 1.807) is 0 Å². The number of hydrogen-bond acceptors (Lipinski definition) is 2. The minimum atomic E-state index is -0.500. The molecule has 0 fully saturated rings. The molecule has 0 spiro atoms. The van der Waals surface area contributed by atoms with Crippen LogP contribution >= 0.6 is 11.6 Å². The third-order valence-electron chi connectivity index (χ3n) is 2.41. The van der Waals surface area contributed by atoms with Gasteiger partial charge in [-0.25, -0.2) is 0 Å². The summed E-state index contributed by atoms with van der Waals surface area (Å²) in [7, 11) is 0. The molecule has 1 unspecified atom stereocenters. The summed E-state index contributed by atoms with van der Waals surface area (Å²) < 4.78 is 5.59. The van der Waals surface area contributed by atoms with Gasteiger partial charge in [-0.3, -0.25) is 0 Å². The summed E-state index contributed by atoms with van der Waals surface area (Å²) in [6.07, 6.45) is 0. The van der Waals surface area contributed by atoms with Gasteiger partial charge in [-0.2, -0.15) is 0 Å². The van der Waals surface area contributed by atoms with Gasteiger partial charge in [0.1, 0.15) is 5.75 Å². The number of benzene rings is 2. The topological polar surface area (TPSA) is 35.2 Å². The molecule has 0 radical (unpaired) electrons. The molecule has 88 valence electrons. The Labute approximate surface area is 106 Å². The van der Waals surface area contributed by atoms with Crippen molar-refractivity contribution < 1.29 is 4.74 Å². The SMILES string of the molecule is NCC(Cl)Oc1ccccc1-c1ccccc1. The molecule has 17 heavy (non-hydrogen) atoms. The molecular weight excluding hydrogens is 234 g/mol. The van der Waals surface area contributed by atoms with Crippen LogP contribution in [0.2, 0.25) is 0 Å². The van der Waals surface area contributed by atoms with Gasteiger partial charge in [0, 0.05) is 12.1 Å². The zero-order chi connectivity index (χ0) is 12.1. The van der Waals surface area contributed by atoms with Crippen LogP contribution in [0.15, 0.2) is 54.6 Å². The molecule has 0 aliphatic heterocycles. The maximum Gasteiger partial charge on any atom is 0.184 e. The minimum Gasteiger partial charge on any atom is -0.473 e. The standard InChI is InChI=1S/C14H14ClNO/c15-14(10-16)17-13-9-5-4-8-12(13)11-6-2-1-3-7-11/h1-9,14H,10,16H2. The van der Waals surface area contributed by atoms with Crippen LogP contribution in [0.5, 0.6) is 5.75 Å². The second-order valence-corrected chi connectivity index (χ2v) is 4.11. The summed E-state index contributed by atoms with van der Waals surface area (Å²) in [6, 6.07) is 17.8. The average molecular weight is 248 g/mol. The average Bonchev–Trinajstić information content (AvgIpc) is 2.40. The second-order valence-electron chi connectivity index (χ2n) is 3.63. The van der Waals surface area contributed by atoms with Gasteiger partial charge in [-0.05, 0) is 11.6 Å². The first kappa shape index (κ1) is 12.0. The van der Waals surface area contributed by atoms with Gasteiger partial charge in [0.15, 0.2) is 5.56 Å². The lowest BCUT2D eigenvalue weighted by Gasteiger charge is -2.14. The highest BCUT2D eigenvalue weighted by atomic mass is 35.5. The van der Waals surface area contributed by atoms with Crippen LogP contribution < -0.4 is 10.5 Å². The number of ether oxygens (including phenoxy) is 1. The van der Waals surface area contributed by atoms with E-state index in [2.05, 4.69) is 0 Å². The molecule has 0 aliphatic carbocycles. The number of halogens is 1. The van der Waals surface area contributed by atoms with Crippen LogP contribution in [0, 0.1) is 0 Å². The molecule has 2 rings (SSSR count). The normalized spacial score (nSPS) is 12.1. The first-order valence-corrected chi connectivity index (χ1v) is 5.90. The molecule has 3 heteroatoms. The van der Waals surface area contributed by atoms with E-state index in [-0.39, 0.29) is 6.54 Å². The van der Waals surface area contributed by atoms with E-state index >= 15 is 0 Å². The number of para-hydroxylation sites is 1. The quantitative estimate of drug-likeness (QED) is 0.842. The fourth-order valence-corrected chi connectivity index (χ4v) is 1.71. The third-order valence-corrected chi connectivity index (χ3v) is 2.68. The van der Waals surface area contributed by atoms with Crippen molar-refractivity contribution in [3.63, 3.8) is 0 Å². The minimum absolute atomic E-state index is 0.282. The lowest BCUT2D eigenvalue weighted by atomic mass is 10.1. The maximum absolute atomic E-state index is 5.91. The highest BCUT2D eigenvalue weighted by molar-refractivity contribution is 6.20. The molecule has 0 amide bonds. The van der Waals surface area contributed by atoms with Crippen molar-refractivity contribution in [2.24, 2.45) is 5.73 Å². The zero-order valence-electron chi connectivity index (χ0n) is 9.34. The molecule has 0 saturated heterocycles. The summed E-state index contributed by atoms with van der Waals surface area (Å²) in [5.74, 6) is 0.754. The molecule has 2 nitrogen and oxygen atoms in total. The second kappa shape index (κ2) is 5.71. The Morgan fingerprint density at radius 1 is 1.00 bits per heavy atom. The van der Waals surface area contributed by atoms with Crippen molar-refractivity contribution >= 4 is 11.6 Å². The van der Waals surface area contributed by atoms with Gasteiger partial charge in [0.2, 0.25) is 0 Å². The largest absolute Gasteiger partial charge is 0.473 e. The van der Waals surface area contributed by atoms with Crippen molar-refractivity contribution in [2.75, 3.05) is 6.54 Å². The molecule has 0 saturated carbocycles. The van der Waals surface area contributed by atoms with Gasteiger partial charge in [0.25, 0.3) is 0 Å². The molecule has 1 atom stereocenters. The van der Waals surface area contributed by atoms with Gasteiger partial charge >= 0.3 is 0 Å². The van der Waals surface area contributed by atoms with Gasteiger partial charge in [-0.15, -0.1) is 0 Å². The van der Waals surface area contributed by atoms with Crippen molar-refractivity contribution in [3.05, 3.63) is 54.6 Å². The van der Waals surface area contributed by atoms with E-state index < -0.39 is 5.56 Å². The monoisotopic (exact) mass is 247 g/mol. The Balaban J connectivity index is 2.34. The Morgan fingerprint density at radius 2 is 1.65 bits per heavy atom. The Kier molecular flexibility index (Phi) is 4.02. The van der Waals surface area contributed by atoms with E-state index in [1.165, 1.54) is 0 Å². The van der Waals surface area contributed by atoms with E-state index in [0.29, 0.717) is 0 Å². The Hall–Kier alpha value is -1.51. The van der Waals surface area contributed by atoms with Crippen LogP contribution in [0.4, 0.5) is 0 Å². The van der Waals surface area contributed by atoms with E-state index in [9.17, 15) is 0 Å². The fourth-order valence-electron chi connectivity index (χ4n) is 1.61. The Bertz CT molecular complexity index is 473. The molecule has 2 aromatic rings. The molecule has 0 heterocycles. The van der Waals surface area contributed by atoms with Crippen LogP contribution in [-0.4, -0.2) is 12.1 Å². The number of nitrogens with two attached hydrogens (primary N) is 1. The summed E-state index contributed by atoms with van der Waals surface area (Å²) in [5.41, 5.74) is 7.07. The number of alkyl halides is 1. The maximum atomic E-state index is 5.91. The van der Waals surface area contributed by atoms with E-state index in [1.807, 2.05) is 54.6 Å². The van der Waals surface area contributed by atoms with Crippen molar-refractivity contribution in [2.45, 2.75) is 5.56 Å². The first-order chi connectivity index (χ1) is 8.31. The predicted octanol–water partition coefficient (Wildman–Crippen LogP) is 3.26. The summed E-state index contributed by atoms with van der Waals surface area (Å²) in [4.78, 5) is 0. The lowest BCUT2D eigenvalue weighted by Crippen LogP contribution is -2.20. The molecule has 0 aromatic heterocycles. The first-order valence-electron chi connectivity index (χ1n) is 5.46. The predicted molar refractivity (Wildman–Crippen MR) is 71.2 cm³/mol. The summed E-state index contributed by atoms with van der Waals surface area (Å²) in [5, 5.41) is 0. The smallest absolute Gasteiger partial charge is 0.184 e. The van der Waals surface area contributed by atoms with Gasteiger partial charge < -0.3 is 10.5 Å². The molecule has 0 bridgehead atoms. The lowest BCUT2D eigenvalue weighted by molar-refractivity contribution is 0.290. The van der Waals surface area contributed by atoms with Crippen molar-refractivity contribution in [3.8, 4) is 16.9 Å². The van der Waals surface area contributed by atoms with Crippen LogP contribution in [0.1, 0.15) is 0 Å².